The highest BCUT2D eigenvalue weighted by atomic mass is 31.2. The molecule has 0 amide bonds. The maximum atomic E-state index is 12.2. The van der Waals surface area contributed by atoms with E-state index >= 15 is 0 Å². The fourth-order valence-electron chi connectivity index (χ4n) is 3.02. The van der Waals surface area contributed by atoms with E-state index < -0.39 is 20.0 Å². The van der Waals surface area contributed by atoms with Crippen molar-refractivity contribution in [1.82, 2.24) is 0 Å². The Hall–Kier alpha value is 0.0300. The first-order chi connectivity index (χ1) is 13.7. The summed E-state index contributed by atoms with van der Waals surface area (Å²) in [5.74, 6) is 0. The van der Waals surface area contributed by atoms with Crippen molar-refractivity contribution in [3.05, 3.63) is 0 Å². The molecule has 0 heterocycles. The maximum Gasteiger partial charge on any atom is 0.472 e. The molecular weight excluding hydrogens is 391 g/mol. The van der Waals surface area contributed by atoms with Crippen LogP contribution in [0.15, 0.2) is 0 Å². The van der Waals surface area contributed by atoms with Gasteiger partial charge in [0.1, 0.15) is 0 Å². The minimum absolute atomic E-state index is 0.114. The number of phosphoric acid groups is 1. The van der Waals surface area contributed by atoms with Crippen LogP contribution < -0.4 is 0 Å². The Balaban J connectivity index is 3.99. The van der Waals surface area contributed by atoms with Gasteiger partial charge in [-0.25, -0.2) is 4.57 Å². The maximum absolute atomic E-state index is 12.2. The van der Waals surface area contributed by atoms with E-state index in [0.717, 1.165) is 25.7 Å². The van der Waals surface area contributed by atoms with E-state index in [4.69, 9.17) is 18.5 Å². The summed E-state index contributed by atoms with van der Waals surface area (Å²) in [6.45, 7) is 12.4. The summed E-state index contributed by atoms with van der Waals surface area (Å²) in [6, 6.07) is 0. The van der Waals surface area contributed by atoms with E-state index in [1.54, 1.807) is 13.8 Å². The second-order valence-electron chi connectivity index (χ2n) is 8.29. The van der Waals surface area contributed by atoms with Crippen LogP contribution in [0.3, 0.4) is 0 Å². The summed E-state index contributed by atoms with van der Waals surface area (Å²) in [6.07, 6.45) is 10.8. The molecule has 7 heteroatoms. The summed E-state index contributed by atoms with van der Waals surface area (Å²) in [7, 11) is -4.15. The molecule has 4 unspecified atom stereocenters. The van der Waals surface area contributed by atoms with Gasteiger partial charge >= 0.3 is 7.82 Å². The molecule has 0 aliphatic carbocycles. The standard InChI is InChI=1S/C22H47O6P/c1-7-9-11-13-15-19(3)25-17-21(5)27-29(23,24)28-22(6)18-26-20(4)16-14-12-10-8-2/h19-22H,7-18H2,1-6H3,(H,23,24). The molecule has 0 fully saturated rings. The first-order valence-electron chi connectivity index (χ1n) is 11.6. The van der Waals surface area contributed by atoms with Gasteiger partial charge in [0.15, 0.2) is 0 Å². The fourth-order valence-corrected chi connectivity index (χ4v) is 4.10. The highest BCUT2D eigenvalue weighted by Gasteiger charge is 2.28. The Morgan fingerprint density at radius 3 is 1.38 bits per heavy atom. The number of hydrogen-bond acceptors (Lipinski definition) is 5. The van der Waals surface area contributed by atoms with Crippen molar-refractivity contribution in [2.75, 3.05) is 13.2 Å². The van der Waals surface area contributed by atoms with Gasteiger partial charge in [0.05, 0.1) is 37.6 Å². The first kappa shape index (κ1) is 29.0. The molecule has 6 nitrogen and oxygen atoms in total. The summed E-state index contributed by atoms with van der Waals surface area (Å²) >= 11 is 0. The Morgan fingerprint density at radius 1 is 0.655 bits per heavy atom. The van der Waals surface area contributed by atoms with Gasteiger partial charge in [-0.05, 0) is 40.5 Å². The Labute approximate surface area is 179 Å². The van der Waals surface area contributed by atoms with Gasteiger partial charge in [0.2, 0.25) is 0 Å². The number of unbranched alkanes of at least 4 members (excludes halogenated alkanes) is 6. The van der Waals surface area contributed by atoms with Crippen molar-refractivity contribution in [3.8, 4) is 0 Å². The zero-order valence-corrected chi connectivity index (χ0v) is 20.6. The van der Waals surface area contributed by atoms with Gasteiger partial charge in [-0.3, -0.25) is 9.05 Å². The lowest BCUT2D eigenvalue weighted by Gasteiger charge is -2.23. The fraction of sp³-hybridized carbons (Fsp3) is 1.00. The largest absolute Gasteiger partial charge is 0.472 e. The average Bonchev–Trinajstić information content (AvgIpc) is 2.64. The molecule has 29 heavy (non-hydrogen) atoms. The minimum Gasteiger partial charge on any atom is -0.376 e. The molecule has 0 rings (SSSR count). The van der Waals surface area contributed by atoms with Crippen LogP contribution in [0.2, 0.25) is 0 Å². The first-order valence-corrected chi connectivity index (χ1v) is 13.1. The van der Waals surface area contributed by atoms with Gasteiger partial charge in [0.25, 0.3) is 0 Å². The predicted octanol–water partition coefficient (Wildman–Crippen LogP) is 6.65. The van der Waals surface area contributed by atoms with E-state index in [2.05, 4.69) is 13.8 Å². The van der Waals surface area contributed by atoms with Crippen LogP contribution in [0.4, 0.5) is 0 Å². The molecule has 0 bridgehead atoms. The van der Waals surface area contributed by atoms with Crippen LogP contribution in [0.5, 0.6) is 0 Å². The summed E-state index contributed by atoms with van der Waals surface area (Å²) in [5, 5.41) is 0. The van der Waals surface area contributed by atoms with E-state index in [1.807, 2.05) is 13.8 Å². The number of phosphoric ester groups is 1. The van der Waals surface area contributed by atoms with Gasteiger partial charge in [-0.1, -0.05) is 65.2 Å². The third-order valence-corrected chi connectivity index (χ3v) is 6.04. The molecule has 0 saturated carbocycles. The molecule has 0 aromatic carbocycles. The van der Waals surface area contributed by atoms with Crippen molar-refractivity contribution in [3.63, 3.8) is 0 Å². The topological polar surface area (TPSA) is 74.2 Å². The molecule has 0 aromatic heterocycles. The van der Waals surface area contributed by atoms with Gasteiger partial charge in [0, 0.05) is 0 Å². The molecule has 0 radical (unpaired) electrons. The van der Waals surface area contributed by atoms with E-state index in [1.165, 1.54) is 38.5 Å². The lowest BCUT2D eigenvalue weighted by molar-refractivity contribution is -0.0241. The highest BCUT2D eigenvalue weighted by molar-refractivity contribution is 7.47. The number of hydrogen-bond donors (Lipinski definition) is 1. The van der Waals surface area contributed by atoms with Gasteiger partial charge < -0.3 is 14.4 Å². The van der Waals surface area contributed by atoms with Crippen LogP contribution in [-0.4, -0.2) is 42.5 Å². The number of ether oxygens (including phenoxy) is 2. The molecule has 0 aromatic rings. The Bertz CT molecular complexity index is 386. The van der Waals surface area contributed by atoms with Crippen molar-refractivity contribution in [1.29, 1.82) is 0 Å². The quantitative estimate of drug-likeness (QED) is 0.169. The molecule has 0 aliphatic heterocycles. The SMILES string of the molecule is CCCCCCC(C)OCC(C)OP(=O)(O)OC(C)COC(C)CCCCCC. The average molecular weight is 439 g/mol. The van der Waals surface area contributed by atoms with Crippen molar-refractivity contribution in [2.45, 2.75) is 130 Å². The molecule has 1 N–H and O–H groups in total. The van der Waals surface area contributed by atoms with Gasteiger partial charge in [-0.2, -0.15) is 0 Å². The Morgan fingerprint density at radius 2 is 1.03 bits per heavy atom. The van der Waals surface area contributed by atoms with Crippen LogP contribution in [-0.2, 0) is 23.1 Å². The lowest BCUT2D eigenvalue weighted by atomic mass is 10.1. The number of rotatable bonds is 20. The minimum atomic E-state index is -4.15. The highest BCUT2D eigenvalue weighted by Crippen LogP contribution is 2.45. The smallest absolute Gasteiger partial charge is 0.376 e. The third-order valence-electron chi connectivity index (χ3n) is 4.79. The van der Waals surface area contributed by atoms with E-state index in [-0.39, 0.29) is 25.4 Å². The lowest BCUT2D eigenvalue weighted by Crippen LogP contribution is -2.23. The van der Waals surface area contributed by atoms with E-state index in [9.17, 15) is 9.46 Å². The van der Waals surface area contributed by atoms with Crippen LogP contribution in [0.1, 0.15) is 106 Å². The zero-order chi connectivity index (χ0) is 22.1. The second-order valence-corrected chi connectivity index (χ2v) is 9.65. The van der Waals surface area contributed by atoms with Crippen molar-refractivity contribution in [2.24, 2.45) is 0 Å². The van der Waals surface area contributed by atoms with Gasteiger partial charge in [-0.15, -0.1) is 0 Å². The monoisotopic (exact) mass is 438 g/mol. The molecule has 176 valence electrons. The summed E-state index contributed by atoms with van der Waals surface area (Å²) < 4.78 is 34.1. The predicted molar refractivity (Wildman–Crippen MR) is 119 cm³/mol. The molecule has 0 aliphatic rings. The molecule has 0 spiro atoms. The van der Waals surface area contributed by atoms with Crippen LogP contribution in [0, 0.1) is 0 Å². The zero-order valence-electron chi connectivity index (χ0n) is 19.7. The normalized spacial score (nSPS) is 18.2. The third kappa shape index (κ3) is 18.5. The second kappa shape index (κ2) is 17.7. The van der Waals surface area contributed by atoms with Crippen LogP contribution >= 0.6 is 7.82 Å². The summed E-state index contributed by atoms with van der Waals surface area (Å²) in [4.78, 5) is 9.99. The van der Waals surface area contributed by atoms with E-state index in [0.29, 0.717) is 0 Å². The van der Waals surface area contributed by atoms with Crippen LogP contribution in [0.25, 0.3) is 0 Å². The van der Waals surface area contributed by atoms with Crippen molar-refractivity contribution < 1.29 is 28.0 Å². The van der Waals surface area contributed by atoms with Crippen molar-refractivity contribution >= 4 is 7.82 Å². The molecule has 0 saturated heterocycles. The Kier molecular flexibility index (Phi) is 17.7. The molecule has 4 atom stereocenters. The molecular formula is C22H47O6P. The summed E-state index contributed by atoms with van der Waals surface area (Å²) in [5.41, 5.74) is 0.